The molecule has 0 amide bonds. The van der Waals surface area contributed by atoms with E-state index in [2.05, 4.69) is 12.1 Å². The van der Waals surface area contributed by atoms with Crippen LogP contribution in [0.4, 0.5) is 0 Å². The second-order valence-corrected chi connectivity index (χ2v) is 9.92. The van der Waals surface area contributed by atoms with Crippen molar-refractivity contribution in [1.82, 2.24) is 0 Å². The summed E-state index contributed by atoms with van der Waals surface area (Å²) >= 11 is 0. The lowest BCUT2D eigenvalue weighted by Crippen LogP contribution is -2.61. The molecule has 2 heterocycles. The molecule has 2 aliphatic heterocycles. The molecule has 200 valence electrons. The number of fused-ring (bicyclic) bond motifs is 1. The van der Waals surface area contributed by atoms with E-state index in [1.165, 1.54) is 13.2 Å². The highest BCUT2D eigenvalue weighted by molar-refractivity contribution is 5.82. The van der Waals surface area contributed by atoms with Gasteiger partial charge in [0.1, 0.15) is 11.7 Å². The minimum Gasteiger partial charge on any atom is -0.466 e. The topological polar surface area (TPSA) is 83.5 Å². The Hall–Kier alpha value is -2.55. The Bertz CT molecular complexity index is 996. The number of aliphatic hydroxyl groups is 1. The molecule has 0 radical (unpaired) electrons. The molecule has 2 fully saturated rings. The lowest BCUT2D eigenvalue weighted by molar-refractivity contribution is -0.277. The van der Waals surface area contributed by atoms with Crippen LogP contribution in [0.2, 0.25) is 0 Å². The maximum absolute atomic E-state index is 11.7. The number of ether oxygens (including phenoxy) is 5. The second-order valence-electron chi connectivity index (χ2n) is 9.92. The first-order valence-electron chi connectivity index (χ1n) is 13.0. The van der Waals surface area contributed by atoms with Gasteiger partial charge in [-0.25, -0.2) is 4.79 Å². The van der Waals surface area contributed by atoms with Gasteiger partial charge in [0.15, 0.2) is 0 Å². The number of hydrogen-bond donors (Lipinski definition) is 1. The highest BCUT2D eigenvalue weighted by Crippen LogP contribution is 2.39. The molecular weight excluding hydrogens is 472 g/mol. The number of hydrogen-bond acceptors (Lipinski definition) is 7. The van der Waals surface area contributed by atoms with Gasteiger partial charge < -0.3 is 28.8 Å². The Morgan fingerprint density at radius 1 is 1.05 bits per heavy atom. The third-order valence-electron chi connectivity index (χ3n) is 7.09. The molecular formula is C30H38O7. The second kappa shape index (κ2) is 13.3. The molecule has 0 aromatic heterocycles. The van der Waals surface area contributed by atoms with Gasteiger partial charge in [0, 0.05) is 25.5 Å². The quantitative estimate of drug-likeness (QED) is 0.273. The number of carbonyl (C=O) groups excluding carboxylic acids is 1. The Balaban J connectivity index is 1.37. The number of carbonyl (C=O) groups is 1. The molecule has 2 aliphatic rings. The zero-order valence-corrected chi connectivity index (χ0v) is 21.7. The fraction of sp³-hybridized carbons (Fsp3) is 0.500. The normalized spacial score (nSPS) is 29.6. The maximum atomic E-state index is 11.7. The van der Waals surface area contributed by atoms with Crippen molar-refractivity contribution in [2.75, 3.05) is 13.7 Å². The van der Waals surface area contributed by atoms with Gasteiger partial charge in [-0.2, -0.15) is 0 Å². The molecule has 0 bridgehead atoms. The molecule has 0 aliphatic carbocycles. The molecule has 0 saturated carbocycles. The highest BCUT2D eigenvalue weighted by Gasteiger charge is 2.50. The van der Waals surface area contributed by atoms with E-state index in [1.807, 2.05) is 48.5 Å². The number of aliphatic hydroxyl groups excluding tert-OH is 1. The Morgan fingerprint density at radius 2 is 1.73 bits per heavy atom. The molecule has 2 saturated heterocycles. The van der Waals surface area contributed by atoms with Crippen LogP contribution in [-0.2, 0) is 41.7 Å². The molecule has 37 heavy (non-hydrogen) atoms. The Morgan fingerprint density at radius 3 is 2.41 bits per heavy atom. The van der Waals surface area contributed by atoms with Crippen molar-refractivity contribution in [3.05, 3.63) is 83.9 Å². The summed E-state index contributed by atoms with van der Waals surface area (Å²) in [5.41, 5.74) is 1.19. The maximum Gasteiger partial charge on any atom is 0.330 e. The zero-order chi connectivity index (χ0) is 26.1. The monoisotopic (exact) mass is 510 g/mol. The number of methoxy groups -OCH3 is 1. The first kappa shape index (κ1) is 27.5. The van der Waals surface area contributed by atoms with Gasteiger partial charge in [-0.15, -0.1) is 0 Å². The van der Waals surface area contributed by atoms with Crippen LogP contribution < -0.4 is 0 Å². The third kappa shape index (κ3) is 7.72. The standard InChI is InChI=1S/C30H38O7/c1-30(16-15-28(32)33-2)27(31)19-26-29(37-30)25(35-21-23-12-7-4-8-13-23)18-24(36-26)14-9-17-34-20-22-10-5-3-6-11-22/h3-8,10-13,15-16,24-27,29,31H,9,14,17-21H2,1-2H3/b16-15-/t24-,25+,26-,27+,29+,30-/m1/s1. The average Bonchev–Trinajstić information content (AvgIpc) is 2.92. The largest absolute Gasteiger partial charge is 0.466 e. The van der Waals surface area contributed by atoms with Gasteiger partial charge in [0.2, 0.25) is 0 Å². The van der Waals surface area contributed by atoms with Crippen molar-refractivity contribution >= 4 is 5.97 Å². The van der Waals surface area contributed by atoms with Gasteiger partial charge in [-0.05, 0) is 37.0 Å². The molecule has 0 spiro atoms. The summed E-state index contributed by atoms with van der Waals surface area (Å²) in [6.07, 6.45) is 3.89. The van der Waals surface area contributed by atoms with Crippen molar-refractivity contribution in [1.29, 1.82) is 0 Å². The Kier molecular flexibility index (Phi) is 9.88. The summed E-state index contributed by atoms with van der Waals surface area (Å²) < 4.78 is 29.8. The lowest BCUT2D eigenvalue weighted by Gasteiger charge is -2.50. The molecule has 1 N–H and O–H groups in total. The van der Waals surface area contributed by atoms with Crippen LogP contribution in [0, 0.1) is 0 Å². The van der Waals surface area contributed by atoms with Crippen molar-refractivity contribution < 1.29 is 33.6 Å². The SMILES string of the molecule is COC(=O)/C=C\[C@@]1(C)O[C@H]2[C@@H](OCc3ccccc3)C[C@@H](CCCOCc3ccccc3)O[C@@H]2C[C@@H]1O. The summed E-state index contributed by atoms with van der Waals surface area (Å²) in [5, 5.41) is 10.9. The van der Waals surface area contributed by atoms with E-state index in [9.17, 15) is 9.90 Å². The number of benzene rings is 2. The van der Waals surface area contributed by atoms with Gasteiger partial charge in [0.05, 0.1) is 44.7 Å². The first-order valence-corrected chi connectivity index (χ1v) is 13.0. The van der Waals surface area contributed by atoms with Crippen molar-refractivity contribution in [2.24, 2.45) is 0 Å². The van der Waals surface area contributed by atoms with E-state index in [0.29, 0.717) is 32.7 Å². The van der Waals surface area contributed by atoms with Crippen molar-refractivity contribution in [2.45, 2.75) is 81.9 Å². The van der Waals surface area contributed by atoms with E-state index in [-0.39, 0.29) is 24.4 Å². The first-order chi connectivity index (χ1) is 18.0. The van der Waals surface area contributed by atoms with Crippen LogP contribution in [0.25, 0.3) is 0 Å². The predicted octanol–water partition coefficient (Wildman–Crippen LogP) is 4.36. The van der Waals surface area contributed by atoms with Crippen LogP contribution in [0.5, 0.6) is 0 Å². The molecule has 0 unspecified atom stereocenters. The van der Waals surface area contributed by atoms with Crippen LogP contribution >= 0.6 is 0 Å². The smallest absolute Gasteiger partial charge is 0.330 e. The van der Waals surface area contributed by atoms with Crippen LogP contribution in [0.3, 0.4) is 0 Å². The van der Waals surface area contributed by atoms with E-state index < -0.39 is 17.7 Å². The average molecular weight is 511 g/mol. The van der Waals surface area contributed by atoms with Crippen molar-refractivity contribution in [3.63, 3.8) is 0 Å². The summed E-state index contributed by atoms with van der Waals surface area (Å²) in [6.45, 7) is 3.48. The lowest BCUT2D eigenvalue weighted by atomic mass is 9.83. The highest BCUT2D eigenvalue weighted by atomic mass is 16.6. The van der Waals surface area contributed by atoms with Crippen molar-refractivity contribution in [3.8, 4) is 0 Å². The van der Waals surface area contributed by atoms with Gasteiger partial charge >= 0.3 is 5.97 Å². The minimum absolute atomic E-state index is 0.0203. The third-order valence-corrected chi connectivity index (χ3v) is 7.09. The van der Waals surface area contributed by atoms with Crippen LogP contribution in [0.1, 0.15) is 43.7 Å². The summed E-state index contributed by atoms with van der Waals surface area (Å²) in [7, 11) is 1.32. The van der Waals surface area contributed by atoms with Gasteiger partial charge in [-0.1, -0.05) is 60.7 Å². The molecule has 7 heteroatoms. The van der Waals surface area contributed by atoms with Gasteiger partial charge in [-0.3, -0.25) is 0 Å². The Labute approximate surface area is 219 Å². The molecule has 6 atom stereocenters. The molecule has 7 nitrogen and oxygen atoms in total. The molecule has 2 aromatic rings. The predicted molar refractivity (Wildman–Crippen MR) is 139 cm³/mol. The number of rotatable bonds is 11. The van der Waals surface area contributed by atoms with E-state index in [4.69, 9.17) is 23.7 Å². The number of esters is 1. The van der Waals surface area contributed by atoms with E-state index >= 15 is 0 Å². The summed E-state index contributed by atoms with van der Waals surface area (Å²) in [5.74, 6) is -0.495. The van der Waals surface area contributed by atoms with E-state index in [0.717, 1.165) is 24.0 Å². The van der Waals surface area contributed by atoms with Crippen LogP contribution in [0.15, 0.2) is 72.8 Å². The van der Waals surface area contributed by atoms with Crippen LogP contribution in [-0.4, -0.2) is 60.9 Å². The van der Waals surface area contributed by atoms with Gasteiger partial charge in [0.25, 0.3) is 0 Å². The molecule has 4 rings (SSSR count). The summed E-state index contributed by atoms with van der Waals surface area (Å²) in [6, 6.07) is 20.2. The zero-order valence-electron chi connectivity index (χ0n) is 21.7. The molecule has 2 aromatic carbocycles. The fourth-order valence-corrected chi connectivity index (χ4v) is 4.94. The minimum atomic E-state index is -1.05. The fourth-order valence-electron chi connectivity index (χ4n) is 4.94. The van der Waals surface area contributed by atoms with E-state index in [1.54, 1.807) is 13.0 Å². The summed E-state index contributed by atoms with van der Waals surface area (Å²) in [4.78, 5) is 11.7.